The van der Waals surface area contributed by atoms with Crippen LogP contribution >= 0.6 is 0 Å². The van der Waals surface area contributed by atoms with Crippen molar-refractivity contribution in [1.29, 1.82) is 0 Å². The quantitative estimate of drug-likeness (QED) is 0.324. The highest BCUT2D eigenvalue weighted by Crippen LogP contribution is 2.30. The van der Waals surface area contributed by atoms with Crippen molar-refractivity contribution < 1.29 is 0 Å². The van der Waals surface area contributed by atoms with Gasteiger partial charge >= 0.3 is 0 Å². The van der Waals surface area contributed by atoms with Gasteiger partial charge < -0.3 is 4.57 Å². The predicted molar refractivity (Wildman–Crippen MR) is 115 cm³/mol. The SMILES string of the molecule is CCCCCCCCCn1c2nc3ccccc3nc2c2cccc(C)c21. The lowest BCUT2D eigenvalue weighted by Gasteiger charge is -2.09. The summed E-state index contributed by atoms with van der Waals surface area (Å²) in [6, 6.07) is 14.7. The van der Waals surface area contributed by atoms with E-state index in [1.54, 1.807) is 0 Å². The lowest BCUT2D eigenvalue weighted by Crippen LogP contribution is -2.01. The van der Waals surface area contributed by atoms with Gasteiger partial charge in [0.25, 0.3) is 0 Å². The Balaban J connectivity index is 1.68. The van der Waals surface area contributed by atoms with Crippen LogP contribution in [0.2, 0.25) is 0 Å². The number of para-hydroxylation sites is 3. The zero-order valence-electron chi connectivity index (χ0n) is 16.5. The maximum absolute atomic E-state index is 5.00. The molecule has 2 aromatic heterocycles. The number of fused-ring (bicyclic) bond motifs is 4. The highest BCUT2D eigenvalue weighted by atomic mass is 15.1. The minimum Gasteiger partial charge on any atom is -0.324 e. The molecule has 0 aliphatic carbocycles. The van der Waals surface area contributed by atoms with E-state index < -0.39 is 0 Å². The van der Waals surface area contributed by atoms with Gasteiger partial charge in [0.2, 0.25) is 0 Å². The van der Waals surface area contributed by atoms with Crippen LogP contribution in [0.3, 0.4) is 0 Å². The molecule has 4 rings (SSSR count). The molecule has 0 atom stereocenters. The first-order valence-electron chi connectivity index (χ1n) is 10.4. The van der Waals surface area contributed by atoms with Gasteiger partial charge in [0.1, 0.15) is 5.52 Å². The Kier molecular flexibility index (Phi) is 5.38. The van der Waals surface area contributed by atoms with Crippen LogP contribution in [0.15, 0.2) is 42.5 Å². The summed E-state index contributed by atoms with van der Waals surface area (Å²) in [5.74, 6) is 0. The van der Waals surface area contributed by atoms with Gasteiger partial charge in [0, 0.05) is 11.9 Å². The van der Waals surface area contributed by atoms with Crippen LogP contribution in [-0.4, -0.2) is 14.5 Å². The highest BCUT2D eigenvalue weighted by molar-refractivity contribution is 6.07. The lowest BCUT2D eigenvalue weighted by atomic mass is 10.1. The molecule has 2 aromatic carbocycles. The van der Waals surface area contributed by atoms with Gasteiger partial charge in [0.05, 0.1) is 16.6 Å². The van der Waals surface area contributed by atoms with Crippen molar-refractivity contribution in [1.82, 2.24) is 14.5 Å². The third-order valence-electron chi connectivity index (χ3n) is 5.56. The van der Waals surface area contributed by atoms with Crippen LogP contribution in [0.1, 0.15) is 57.4 Å². The Morgan fingerprint density at radius 1 is 0.778 bits per heavy atom. The highest BCUT2D eigenvalue weighted by Gasteiger charge is 2.15. The average molecular weight is 360 g/mol. The predicted octanol–water partition coefficient (Wildman–Crippen LogP) is 6.80. The molecule has 0 spiro atoms. The molecule has 0 saturated heterocycles. The Hall–Kier alpha value is -2.42. The molecule has 0 radical (unpaired) electrons. The molecule has 0 unspecified atom stereocenters. The van der Waals surface area contributed by atoms with E-state index in [1.807, 2.05) is 12.1 Å². The third kappa shape index (κ3) is 3.55. The molecule has 0 aliphatic heterocycles. The molecule has 0 fully saturated rings. The van der Waals surface area contributed by atoms with Crippen LogP contribution in [0.25, 0.3) is 33.1 Å². The van der Waals surface area contributed by atoms with E-state index >= 15 is 0 Å². The summed E-state index contributed by atoms with van der Waals surface area (Å²) in [6.45, 7) is 5.49. The molecule has 27 heavy (non-hydrogen) atoms. The molecule has 140 valence electrons. The number of aromatic nitrogens is 3. The van der Waals surface area contributed by atoms with Crippen LogP contribution in [0.4, 0.5) is 0 Å². The zero-order valence-corrected chi connectivity index (χ0v) is 16.5. The summed E-state index contributed by atoms with van der Waals surface area (Å²) in [6.07, 6.45) is 9.26. The number of aryl methyl sites for hydroxylation is 2. The smallest absolute Gasteiger partial charge is 0.160 e. The van der Waals surface area contributed by atoms with Gasteiger partial charge in [-0.2, -0.15) is 0 Å². The third-order valence-corrected chi connectivity index (χ3v) is 5.56. The summed E-state index contributed by atoms with van der Waals surface area (Å²) in [5, 5.41) is 1.23. The van der Waals surface area contributed by atoms with Crippen LogP contribution in [0.5, 0.6) is 0 Å². The maximum atomic E-state index is 5.00. The summed E-state index contributed by atoms with van der Waals surface area (Å²) in [7, 11) is 0. The van der Waals surface area contributed by atoms with Gasteiger partial charge in [0.15, 0.2) is 5.65 Å². The Morgan fingerprint density at radius 3 is 2.26 bits per heavy atom. The minimum atomic E-state index is 0.974. The van der Waals surface area contributed by atoms with Crippen molar-refractivity contribution in [2.24, 2.45) is 0 Å². The van der Waals surface area contributed by atoms with E-state index in [4.69, 9.17) is 9.97 Å². The Morgan fingerprint density at radius 2 is 1.48 bits per heavy atom. The number of rotatable bonds is 8. The van der Waals surface area contributed by atoms with Crippen molar-refractivity contribution in [2.75, 3.05) is 0 Å². The van der Waals surface area contributed by atoms with Crippen LogP contribution < -0.4 is 0 Å². The maximum Gasteiger partial charge on any atom is 0.160 e. The number of hydrogen-bond acceptors (Lipinski definition) is 2. The van der Waals surface area contributed by atoms with Crippen molar-refractivity contribution in [3.05, 3.63) is 48.0 Å². The summed E-state index contributed by atoms with van der Waals surface area (Å²) in [5.41, 5.74) is 6.63. The molecule has 3 heteroatoms. The Labute approximate surface area is 161 Å². The molecule has 2 heterocycles. The van der Waals surface area contributed by atoms with Crippen LogP contribution in [-0.2, 0) is 6.54 Å². The minimum absolute atomic E-state index is 0.974. The number of unbranched alkanes of at least 4 members (excludes halogenated alkanes) is 6. The molecular formula is C24H29N3. The summed E-state index contributed by atoms with van der Waals surface area (Å²) < 4.78 is 2.41. The van der Waals surface area contributed by atoms with Crippen molar-refractivity contribution in [3.63, 3.8) is 0 Å². The fourth-order valence-electron chi connectivity index (χ4n) is 4.12. The second kappa shape index (κ2) is 8.08. The van der Waals surface area contributed by atoms with E-state index in [0.29, 0.717) is 0 Å². The first-order chi connectivity index (χ1) is 13.3. The molecule has 4 aromatic rings. The normalized spacial score (nSPS) is 11.8. The summed E-state index contributed by atoms with van der Waals surface area (Å²) in [4.78, 5) is 9.96. The second-order valence-electron chi connectivity index (χ2n) is 7.63. The number of benzene rings is 2. The van der Waals surface area contributed by atoms with Gasteiger partial charge in [-0.05, 0) is 31.0 Å². The number of nitrogens with zero attached hydrogens (tertiary/aromatic N) is 3. The van der Waals surface area contributed by atoms with Gasteiger partial charge in [-0.3, -0.25) is 0 Å². The molecule has 3 nitrogen and oxygen atoms in total. The van der Waals surface area contributed by atoms with Gasteiger partial charge in [-0.15, -0.1) is 0 Å². The molecule has 0 N–H and O–H groups in total. The Bertz CT molecular complexity index is 1060. The first-order valence-corrected chi connectivity index (χ1v) is 10.4. The molecule has 0 saturated carbocycles. The van der Waals surface area contributed by atoms with E-state index in [0.717, 1.165) is 28.7 Å². The van der Waals surface area contributed by atoms with E-state index in [-0.39, 0.29) is 0 Å². The number of hydrogen-bond donors (Lipinski definition) is 0. The molecule has 0 amide bonds. The van der Waals surface area contributed by atoms with E-state index in [9.17, 15) is 0 Å². The lowest BCUT2D eigenvalue weighted by molar-refractivity contribution is 0.560. The van der Waals surface area contributed by atoms with E-state index in [1.165, 1.54) is 61.4 Å². The zero-order chi connectivity index (χ0) is 18.6. The monoisotopic (exact) mass is 359 g/mol. The van der Waals surface area contributed by atoms with E-state index in [2.05, 4.69) is 48.7 Å². The van der Waals surface area contributed by atoms with Crippen molar-refractivity contribution in [3.8, 4) is 0 Å². The van der Waals surface area contributed by atoms with Crippen molar-refractivity contribution in [2.45, 2.75) is 65.3 Å². The molecule has 0 bridgehead atoms. The van der Waals surface area contributed by atoms with Gasteiger partial charge in [-0.1, -0.05) is 75.8 Å². The fourth-order valence-corrected chi connectivity index (χ4v) is 4.12. The van der Waals surface area contributed by atoms with Gasteiger partial charge in [-0.25, -0.2) is 9.97 Å². The standard InChI is InChI=1S/C24H29N3/c1-3-4-5-6-7-8-11-17-27-23-18(2)13-12-14-19(23)22-24(27)26-21-16-10-9-15-20(21)25-22/h9-10,12-16H,3-8,11,17H2,1-2H3. The first kappa shape index (κ1) is 18.0. The molecule has 0 aliphatic rings. The fraction of sp³-hybridized carbons (Fsp3) is 0.417. The molecular weight excluding hydrogens is 330 g/mol. The summed E-state index contributed by atoms with van der Waals surface area (Å²) >= 11 is 0. The topological polar surface area (TPSA) is 30.7 Å². The average Bonchev–Trinajstić information content (AvgIpc) is 3.00. The largest absolute Gasteiger partial charge is 0.324 e. The second-order valence-corrected chi connectivity index (χ2v) is 7.63. The van der Waals surface area contributed by atoms with Crippen molar-refractivity contribution >= 4 is 33.1 Å². The van der Waals surface area contributed by atoms with Crippen LogP contribution in [0, 0.1) is 6.92 Å².